The fourth-order valence-corrected chi connectivity index (χ4v) is 4.28. The zero-order chi connectivity index (χ0) is 22.2. The van der Waals surface area contributed by atoms with Crippen LogP contribution in [0.25, 0.3) is 22.2 Å². The Bertz CT molecular complexity index is 1220. The summed E-state index contributed by atoms with van der Waals surface area (Å²) in [6.45, 7) is 4.30. The van der Waals surface area contributed by atoms with E-state index < -0.39 is 11.7 Å². The topological polar surface area (TPSA) is 17.8 Å². The molecule has 4 aromatic rings. The SMILES string of the molecule is CCc1cccc(CC)c1-c1cc2ccn(Cc3cc(Cl)ccc3C(F)(F)F)c2cn1. The number of rotatable bonds is 5. The van der Waals surface area contributed by atoms with Crippen LogP contribution in [0.2, 0.25) is 5.02 Å². The van der Waals surface area contributed by atoms with E-state index in [1.54, 1.807) is 17.0 Å². The molecule has 0 atom stereocenters. The van der Waals surface area contributed by atoms with Crippen molar-refractivity contribution < 1.29 is 13.2 Å². The van der Waals surface area contributed by atoms with Gasteiger partial charge in [-0.2, -0.15) is 13.2 Å². The fraction of sp³-hybridized carbons (Fsp3) is 0.240. The largest absolute Gasteiger partial charge is 0.416 e. The molecular formula is C25H22ClF3N2. The Kier molecular flexibility index (Phi) is 5.80. The summed E-state index contributed by atoms with van der Waals surface area (Å²) in [6.07, 6.45) is 0.907. The molecule has 6 heteroatoms. The van der Waals surface area contributed by atoms with Crippen LogP contribution < -0.4 is 0 Å². The second-order valence-corrected chi connectivity index (χ2v) is 7.97. The molecule has 2 heterocycles. The van der Waals surface area contributed by atoms with Crippen LogP contribution >= 0.6 is 11.6 Å². The molecule has 0 aliphatic carbocycles. The van der Waals surface area contributed by atoms with Crippen LogP contribution in [-0.4, -0.2) is 9.55 Å². The van der Waals surface area contributed by atoms with Gasteiger partial charge in [0.15, 0.2) is 0 Å². The van der Waals surface area contributed by atoms with Gasteiger partial charge in [0.05, 0.1) is 23.0 Å². The average molecular weight is 443 g/mol. The first kappa shape index (κ1) is 21.4. The Morgan fingerprint density at radius 2 is 1.65 bits per heavy atom. The molecule has 0 unspecified atom stereocenters. The van der Waals surface area contributed by atoms with E-state index in [0.29, 0.717) is 0 Å². The predicted octanol–water partition coefficient (Wildman–Crippen LogP) is 7.55. The van der Waals surface area contributed by atoms with Crippen molar-refractivity contribution in [2.45, 2.75) is 39.4 Å². The number of nitrogens with zero attached hydrogens (tertiary/aromatic N) is 2. The molecular weight excluding hydrogens is 421 g/mol. The highest BCUT2D eigenvalue weighted by atomic mass is 35.5. The van der Waals surface area contributed by atoms with Gasteiger partial charge < -0.3 is 4.57 Å². The van der Waals surface area contributed by atoms with Crippen molar-refractivity contribution in [1.29, 1.82) is 0 Å². The van der Waals surface area contributed by atoms with Gasteiger partial charge in [-0.15, -0.1) is 0 Å². The third-order valence-corrected chi connectivity index (χ3v) is 5.86. The molecule has 0 radical (unpaired) electrons. The van der Waals surface area contributed by atoms with Gasteiger partial charge in [-0.25, -0.2) is 0 Å². The summed E-state index contributed by atoms with van der Waals surface area (Å²) in [6, 6.07) is 13.9. The molecule has 0 N–H and O–H groups in total. The van der Waals surface area contributed by atoms with Gasteiger partial charge in [0.1, 0.15) is 0 Å². The highest BCUT2D eigenvalue weighted by Gasteiger charge is 2.33. The number of alkyl halides is 3. The summed E-state index contributed by atoms with van der Waals surface area (Å²) in [4.78, 5) is 4.69. The van der Waals surface area contributed by atoms with Gasteiger partial charge in [-0.05, 0) is 59.9 Å². The van der Waals surface area contributed by atoms with E-state index in [9.17, 15) is 13.2 Å². The maximum absolute atomic E-state index is 13.4. The first-order valence-electron chi connectivity index (χ1n) is 10.2. The normalized spacial score (nSPS) is 11.9. The lowest BCUT2D eigenvalue weighted by Crippen LogP contribution is -2.11. The Labute approximate surface area is 184 Å². The second-order valence-electron chi connectivity index (χ2n) is 7.53. The highest BCUT2D eigenvalue weighted by molar-refractivity contribution is 6.30. The van der Waals surface area contributed by atoms with E-state index in [2.05, 4.69) is 37.0 Å². The maximum atomic E-state index is 13.4. The number of hydrogen-bond donors (Lipinski definition) is 0. The fourth-order valence-electron chi connectivity index (χ4n) is 4.09. The Morgan fingerprint density at radius 1 is 0.935 bits per heavy atom. The van der Waals surface area contributed by atoms with Crippen LogP contribution in [0.5, 0.6) is 0 Å². The summed E-state index contributed by atoms with van der Waals surface area (Å²) < 4.78 is 42.1. The standard InChI is InChI=1S/C25H22ClF3N2/c1-3-16-6-5-7-17(4-2)24(16)22-13-18-10-11-31(23(18)14-30-22)15-19-12-20(26)8-9-21(19)25(27,28)29/h5-14H,3-4,15H2,1-2H3. The minimum absolute atomic E-state index is 0.0612. The van der Waals surface area contributed by atoms with Crippen LogP contribution in [0.1, 0.15) is 36.1 Å². The van der Waals surface area contributed by atoms with Gasteiger partial charge in [-0.1, -0.05) is 43.6 Å². The molecule has 0 bridgehead atoms. The van der Waals surface area contributed by atoms with E-state index in [1.807, 2.05) is 12.1 Å². The zero-order valence-electron chi connectivity index (χ0n) is 17.3. The first-order valence-corrected chi connectivity index (χ1v) is 10.6. The lowest BCUT2D eigenvalue weighted by atomic mass is 9.94. The van der Waals surface area contributed by atoms with Crippen molar-refractivity contribution in [2.75, 3.05) is 0 Å². The third kappa shape index (κ3) is 4.19. The molecule has 2 aromatic carbocycles. The monoisotopic (exact) mass is 442 g/mol. The smallest absolute Gasteiger partial charge is 0.342 e. The van der Waals surface area contributed by atoms with Crippen LogP contribution in [0, 0.1) is 0 Å². The summed E-state index contributed by atoms with van der Waals surface area (Å²) in [7, 11) is 0. The molecule has 0 amide bonds. The Morgan fingerprint density at radius 3 is 2.29 bits per heavy atom. The van der Waals surface area contributed by atoms with Crippen LogP contribution in [0.3, 0.4) is 0 Å². The summed E-state index contributed by atoms with van der Waals surface area (Å²) in [5, 5.41) is 1.22. The van der Waals surface area contributed by atoms with Crippen molar-refractivity contribution in [1.82, 2.24) is 9.55 Å². The minimum atomic E-state index is -4.44. The van der Waals surface area contributed by atoms with Gasteiger partial charge in [0.25, 0.3) is 0 Å². The Hall–Kier alpha value is -2.79. The molecule has 4 rings (SSSR count). The summed E-state index contributed by atoms with van der Waals surface area (Å²) in [5.74, 6) is 0. The molecule has 31 heavy (non-hydrogen) atoms. The quantitative estimate of drug-likeness (QED) is 0.312. The Balaban J connectivity index is 1.77. The van der Waals surface area contributed by atoms with Gasteiger partial charge in [0, 0.05) is 28.7 Å². The number of benzene rings is 2. The molecule has 0 spiro atoms. The predicted molar refractivity (Wildman–Crippen MR) is 119 cm³/mol. The van der Waals surface area contributed by atoms with E-state index in [0.717, 1.165) is 41.1 Å². The summed E-state index contributed by atoms with van der Waals surface area (Å²) in [5.41, 5.74) is 4.75. The number of hydrogen-bond acceptors (Lipinski definition) is 1. The van der Waals surface area contributed by atoms with Crippen molar-refractivity contribution >= 4 is 22.5 Å². The summed E-state index contributed by atoms with van der Waals surface area (Å²) >= 11 is 5.98. The number of halogens is 4. The molecule has 0 saturated heterocycles. The van der Waals surface area contributed by atoms with E-state index in [1.165, 1.54) is 23.3 Å². The molecule has 0 fully saturated rings. The number of aryl methyl sites for hydroxylation is 2. The molecule has 0 aliphatic heterocycles. The molecule has 2 nitrogen and oxygen atoms in total. The van der Waals surface area contributed by atoms with Crippen molar-refractivity contribution in [3.63, 3.8) is 0 Å². The van der Waals surface area contributed by atoms with Crippen molar-refractivity contribution in [3.8, 4) is 11.3 Å². The number of fused-ring (bicyclic) bond motifs is 1. The van der Waals surface area contributed by atoms with E-state index in [-0.39, 0.29) is 17.1 Å². The molecule has 0 saturated carbocycles. The minimum Gasteiger partial charge on any atom is -0.342 e. The van der Waals surface area contributed by atoms with E-state index in [4.69, 9.17) is 11.6 Å². The lowest BCUT2D eigenvalue weighted by molar-refractivity contribution is -0.138. The lowest BCUT2D eigenvalue weighted by Gasteiger charge is -2.15. The van der Waals surface area contributed by atoms with Crippen LogP contribution in [0.15, 0.2) is 60.9 Å². The van der Waals surface area contributed by atoms with Crippen LogP contribution in [0.4, 0.5) is 13.2 Å². The van der Waals surface area contributed by atoms with Gasteiger partial charge in [-0.3, -0.25) is 4.98 Å². The van der Waals surface area contributed by atoms with Gasteiger partial charge >= 0.3 is 6.18 Å². The maximum Gasteiger partial charge on any atom is 0.416 e. The molecule has 0 aliphatic rings. The van der Waals surface area contributed by atoms with Crippen molar-refractivity contribution in [3.05, 3.63) is 88.2 Å². The highest BCUT2D eigenvalue weighted by Crippen LogP contribution is 2.35. The zero-order valence-corrected chi connectivity index (χ0v) is 18.1. The average Bonchev–Trinajstić information content (AvgIpc) is 3.14. The van der Waals surface area contributed by atoms with Gasteiger partial charge in [0.2, 0.25) is 0 Å². The van der Waals surface area contributed by atoms with Crippen molar-refractivity contribution in [2.24, 2.45) is 0 Å². The molecule has 160 valence electrons. The third-order valence-electron chi connectivity index (χ3n) is 5.63. The first-order chi connectivity index (χ1) is 14.8. The number of pyridine rings is 1. The van der Waals surface area contributed by atoms with Crippen LogP contribution in [-0.2, 0) is 25.6 Å². The second kappa shape index (κ2) is 8.39. The molecule has 2 aromatic heterocycles. The number of aromatic nitrogens is 2. The van der Waals surface area contributed by atoms with E-state index >= 15 is 0 Å².